The van der Waals surface area contributed by atoms with Crippen LogP contribution in [0.5, 0.6) is 5.75 Å². The summed E-state index contributed by atoms with van der Waals surface area (Å²) in [6.07, 6.45) is 2.83. The molecule has 0 atom stereocenters. The Balaban J connectivity index is 1.41. The molecule has 2 aromatic rings. The summed E-state index contributed by atoms with van der Waals surface area (Å²) in [5.74, 6) is -1.75. The second-order valence-corrected chi connectivity index (χ2v) is 7.21. The number of benzene rings is 2. The molecule has 1 amide bonds. The van der Waals surface area contributed by atoms with Crippen molar-refractivity contribution in [2.24, 2.45) is 0 Å². The average Bonchev–Trinajstić information content (AvgIpc) is 3.18. The van der Waals surface area contributed by atoms with Gasteiger partial charge in [0.2, 0.25) is 0 Å². The molecule has 27 heavy (non-hydrogen) atoms. The number of hydrogen-bond acceptors (Lipinski definition) is 4. The third-order valence-electron chi connectivity index (χ3n) is 5.47. The van der Waals surface area contributed by atoms with Crippen LogP contribution in [0.4, 0.5) is 10.1 Å². The molecule has 0 radical (unpaired) electrons. The third-order valence-corrected chi connectivity index (χ3v) is 5.47. The zero-order valence-corrected chi connectivity index (χ0v) is 14.9. The van der Waals surface area contributed by atoms with Crippen molar-refractivity contribution in [1.29, 1.82) is 0 Å². The zero-order valence-electron chi connectivity index (χ0n) is 14.9. The summed E-state index contributed by atoms with van der Waals surface area (Å²) in [4.78, 5) is 27.4. The topological polar surface area (TPSA) is 60.9 Å². The number of aldehydes is 1. The van der Waals surface area contributed by atoms with Crippen LogP contribution in [0.2, 0.25) is 0 Å². The lowest BCUT2D eigenvalue weighted by Gasteiger charge is -2.39. The molecule has 2 fully saturated rings. The minimum absolute atomic E-state index is 0.0789. The maximum Gasteiger partial charge on any atom is 0.254 e. The number of carbonyl (C=O) groups excluding carboxylic acids is 2. The number of anilines is 1. The van der Waals surface area contributed by atoms with E-state index in [1.54, 1.807) is 4.90 Å². The minimum Gasteiger partial charge on any atom is -0.504 e. The molecule has 1 N–H and O–H groups in total. The molecular weight excluding hydrogens is 347 g/mol. The van der Waals surface area contributed by atoms with Crippen LogP contribution in [0.15, 0.2) is 36.4 Å². The lowest BCUT2D eigenvalue weighted by Crippen LogP contribution is -2.48. The van der Waals surface area contributed by atoms with Gasteiger partial charge in [-0.25, -0.2) is 4.39 Å². The van der Waals surface area contributed by atoms with Crippen LogP contribution < -0.4 is 4.90 Å². The minimum atomic E-state index is -0.961. The van der Waals surface area contributed by atoms with Gasteiger partial charge in [-0.3, -0.25) is 9.59 Å². The van der Waals surface area contributed by atoms with Gasteiger partial charge in [0.1, 0.15) is 0 Å². The van der Waals surface area contributed by atoms with Gasteiger partial charge in [0.25, 0.3) is 5.91 Å². The number of nitrogens with zero attached hydrogens (tertiary/aromatic N) is 2. The van der Waals surface area contributed by atoms with E-state index in [2.05, 4.69) is 29.2 Å². The van der Waals surface area contributed by atoms with Crippen LogP contribution in [0, 0.1) is 5.82 Å². The van der Waals surface area contributed by atoms with Gasteiger partial charge in [-0.2, -0.15) is 0 Å². The summed E-state index contributed by atoms with van der Waals surface area (Å²) in [5, 5.41) is 9.47. The number of amides is 1. The summed E-state index contributed by atoms with van der Waals surface area (Å²) in [6, 6.07) is 10.7. The highest BCUT2D eigenvalue weighted by Gasteiger charge is 2.33. The number of halogens is 1. The summed E-state index contributed by atoms with van der Waals surface area (Å²) in [7, 11) is 0. The summed E-state index contributed by atoms with van der Waals surface area (Å²) in [5.41, 5.74) is 2.29. The first kappa shape index (κ1) is 17.5. The molecule has 140 valence electrons. The van der Waals surface area contributed by atoms with E-state index in [0.717, 1.165) is 19.2 Å². The molecule has 2 aliphatic rings. The molecule has 0 spiro atoms. The van der Waals surface area contributed by atoms with Crippen molar-refractivity contribution in [2.45, 2.75) is 18.8 Å². The van der Waals surface area contributed by atoms with Crippen LogP contribution in [0.1, 0.15) is 45.0 Å². The van der Waals surface area contributed by atoms with Crippen molar-refractivity contribution in [2.75, 3.05) is 31.1 Å². The second kappa shape index (κ2) is 7.02. The Labute approximate surface area is 157 Å². The fourth-order valence-corrected chi connectivity index (χ4v) is 3.80. The van der Waals surface area contributed by atoms with Crippen LogP contribution >= 0.6 is 0 Å². The van der Waals surface area contributed by atoms with Crippen molar-refractivity contribution in [1.82, 2.24) is 4.90 Å². The number of carbonyl (C=O) groups is 2. The van der Waals surface area contributed by atoms with E-state index in [0.29, 0.717) is 19.4 Å². The molecule has 6 heteroatoms. The van der Waals surface area contributed by atoms with Crippen molar-refractivity contribution in [3.8, 4) is 5.75 Å². The quantitative estimate of drug-likeness (QED) is 0.842. The van der Waals surface area contributed by atoms with E-state index < -0.39 is 11.6 Å². The molecule has 4 rings (SSSR count). The summed E-state index contributed by atoms with van der Waals surface area (Å²) >= 11 is 0. The second-order valence-electron chi connectivity index (χ2n) is 7.21. The summed E-state index contributed by atoms with van der Waals surface area (Å²) < 4.78 is 13.7. The first-order valence-electron chi connectivity index (χ1n) is 9.18. The Kier molecular flexibility index (Phi) is 4.56. The number of rotatable bonds is 4. The highest BCUT2D eigenvalue weighted by atomic mass is 19.1. The van der Waals surface area contributed by atoms with E-state index in [4.69, 9.17) is 0 Å². The summed E-state index contributed by atoms with van der Waals surface area (Å²) in [6.45, 7) is 3.33. The number of aromatic hydroxyl groups is 1. The Hall–Kier alpha value is -2.89. The molecular formula is C21H21FN2O3. The fraction of sp³-hybridized carbons (Fsp3) is 0.333. The van der Waals surface area contributed by atoms with Gasteiger partial charge in [-0.05, 0) is 42.7 Å². The van der Waals surface area contributed by atoms with Crippen LogP contribution in [-0.4, -0.2) is 48.4 Å². The van der Waals surface area contributed by atoms with Crippen molar-refractivity contribution in [3.05, 3.63) is 58.9 Å². The van der Waals surface area contributed by atoms with Crippen molar-refractivity contribution in [3.63, 3.8) is 0 Å². The van der Waals surface area contributed by atoms with Gasteiger partial charge < -0.3 is 14.9 Å². The lowest BCUT2D eigenvalue weighted by atomic mass is 9.90. The molecule has 0 saturated carbocycles. The van der Waals surface area contributed by atoms with E-state index in [-0.39, 0.29) is 23.0 Å². The van der Waals surface area contributed by atoms with E-state index in [1.165, 1.54) is 30.2 Å². The van der Waals surface area contributed by atoms with Crippen LogP contribution in [-0.2, 0) is 0 Å². The SMILES string of the molecule is O=Cc1cc(C(=O)N2CC(c3ccc(N4CCCC4)cc3)C2)cc(F)c1O. The van der Waals surface area contributed by atoms with Crippen molar-refractivity contribution < 1.29 is 19.1 Å². The van der Waals surface area contributed by atoms with E-state index in [1.807, 2.05) is 0 Å². The first-order chi connectivity index (χ1) is 13.1. The standard InChI is InChI=1S/C21H21FN2O3/c22-19-10-15(9-16(13-25)20(19)26)21(27)24-11-17(12-24)14-3-5-18(6-4-14)23-7-1-2-8-23/h3-6,9-10,13,17,26H,1-2,7-8,11-12H2. The maximum atomic E-state index is 13.7. The number of phenolic OH excluding ortho intramolecular Hbond substituents is 1. The lowest BCUT2D eigenvalue weighted by molar-refractivity contribution is 0.0602. The number of phenols is 1. The van der Waals surface area contributed by atoms with Gasteiger partial charge >= 0.3 is 0 Å². The fourth-order valence-electron chi connectivity index (χ4n) is 3.80. The van der Waals surface area contributed by atoms with Crippen molar-refractivity contribution >= 4 is 17.9 Å². The Morgan fingerprint density at radius 3 is 2.41 bits per heavy atom. The Morgan fingerprint density at radius 1 is 1.11 bits per heavy atom. The van der Waals surface area contributed by atoms with Gasteiger partial charge in [0.15, 0.2) is 17.9 Å². The molecule has 2 aromatic carbocycles. The average molecular weight is 368 g/mol. The number of likely N-dealkylation sites (tertiary alicyclic amines) is 1. The van der Waals surface area contributed by atoms with Gasteiger partial charge in [-0.1, -0.05) is 12.1 Å². The van der Waals surface area contributed by atoms with Crippen LogP contribution in [0.3, 0.4) is 0 Å². The molecule has 0 aliphatic carbocycles. The molecule has 0 aromatic heterocycles. The Bertz CT molecular complexity index is 870. The van der Waals surface area contributed by atoms with Gasteiger partial charge in [0, 0.05) is 43.3 Å². The largest absolute Gasteiger partial charge is 0.504 e. The highest BCUT2D eigenvalue weighted by Crippen LogP contribution is 2.31. The Morgan fingerprint density at radius 2 is 1.78 bits per heavy atom. The predicted molar refractivity (Wildman–Crippen MR) is 100.0 cm³/mol. The smallest absolute Gasteiger partial charge is 0.254 e. The highest BCUT2D eigenvalue weighted by molar-refractivity contribution is 5.97. The monoisotopic (exact) mass is 368 g/mol. The molecule has 0 bridgehead atoms. The van der Waals surface area contributed by atoms with Gasteiger partial charge in [0.05, 0.1) is 5.56 Å². The normalized spacial score (nSPS) is 17.1. The first-order valence-corrected chi connectivity index (χ1v) is 9.18. The van der Waals surface area contributed by atoms with E-state index in [9.17, 15) is 19.1 Å². The zero-order chi connectivity index (χ0) is 19.0. The number of hydrogen-bond donors (Lipinski definition) is 1. The van der Waals surface area contributed by atoms with Crippen LogP contribution in [0.25, 0.3) is 0 Å². The molecule has 5 nitrogen and oxygen atoms in total. The predicted octanol–water partition coefficient (Wildman–Crippen LogP) is 3.18. The van der Waals surface area contributed by atoms with E-state index >= 15 is 0 Å². The molecule has 2 aliphatic heterocycles. The van der Waals surface area contributed by atoms with Gasteiger partial charge in [-0.15, -0.1) is 0 Å². The molecule has 0 unspecified atom stereocenters. The third kappa shape index (κ3) is 3.27. The molecule has 2 saturated heterocycles. The molecule has 2 heterocycles. The maximum absolute atomic E-state index is 13.7.